The molecule has 76 valence electrons. The summed E-state index contributed by atoms with van der Waals surface area (Å²) in [5, 5.41) is 3.23. The largest absolute Gasteiger partial charge is 0.385 e. The summed E-state index contributed by atoms with van der Waals surface area (Å²) in [6.07, 6.45) is 4.20. The van der Waals surface area contributed by atoms with Gasteiger partial charge >= 0.3 is 0 Å². The second-order valence-corrected chi connectivity index (χ2v) is 4.06. The lowest BCUT2D eigenvalue weighted by Gasteiger charge is -2.12. The van der Waals surface area contributed by atoms with Crippen LogP contribution in [-0.4, -0.2) is 11.5 Å². The molecular weight excluding hydrogens is 179 g/mol. The van der Waals surface area contributed by atoms with Crippen molar-refractivity contribution in [2.24, 2.45) is 11.8 Å². The Balaban J connectivity index is 1.84. The number of nitrogens with one attached hydrogen (secondary N) is 1. The molecule has 2 rings (SSSR count). The van der Waals surface area contributed by atoms with Crippen LogP contribution >= 0.6 is 0 Å². The van der Waals surface area contributed by atoms with E-state index in [1.165, 1.54) is 25.1 Å². The molecular formula is C11H15FN2. The molecule has 0 amide bonds. The van der Waals surface area contributed by atoms with Gasteiger partial charge in [0.15, 0.2) is 0 Å². The van der Waals surface area contributed by atoms with Gasteiger partial charge in [0.2, 0.25) is 5.95 Å². The lowest BCUT2D eigenvalue weighted by Crippen LogP contribution is -2.12. The Kier molecular flexibility index (Phi) is 2.66. The number of hydrogen-bond acceptors (Lipinski definition) is 2. The number of anilines is 1. The molecule has 1 atom stereocenters. The first-order valence-electron chi connectivity index (χ1n) is 5.11. The molecule has 0 aromatic carbocycles. The van der Waals surface area contributed by atoms with Crippen LogP contribution in [0, 0.1) is 17.8 Å². The molecule has 0 radical (unpaired) electrons. The summed E-state index contributed by atoms with van der Waals surface area (Å²) in [5.74, 6) is 1.15. The highest BCUT2D eigenvalue weighted by molar-refractivity contribution is 5.41. The minimum atomic E-state index is -0.422. The third-order valence-corrected chi connectivity index (χ3v) is 2.78. The first-order chi connectivity index (χ1) is 6.75. The number of hydrogen-bond donors (Lipinski definition) is 1. The summed E-state index contributed by atoms with van der Waals surface area (Å²) < 4.78 is 12.7. The number of aromatic nitrogens is 1. The first kappa shape index (κ1) is 9.44. The smallest absolute Gasteiger partial charge is 0.214 e. The maximum Gasteiger partial charge on any atom is 0.214 e. The van der Waals surface area contributed by atoms with Crippen LogP contribution in [0.1, 0.15) is 19.8 Å². The van der Waals surface area contributed by atoms with Crippen LogP contribution in [0.2, 0.25) is 0 Å². The molecule has 3 heteroatoms. The Morgan fingerprint density at radius 1 is 1.64 bits per heavy atom. The maximum absolute atomic E-state index is 12.7. The highest BCUT2D eigenvalue weighted by Crippen LogP contribution is 2.36. The van der Waals surface area contributed by atoms with Crippen molar-refractivity contribution in [3.8, 4) is 0 Å². The van der Waals surface area contributed by atoms with E-state index < -0.39 is 5.95 Å². The van der Waals surface area contributed by atoms with Gasteiger partial charge < -0.3 is 5.32 Å². The Hall–Kier alpha value is -1.12. The number of rotatable bonds is 4. The SMILES string of the molecule is CC(CNc1ccnc(F)c1)C1CC1. The minimum absolute atomic E-state index is 0.422. The molecule has 2 nitrogen and oxygen atoms in total. The van der Waals surface area contributed by atoms with Crippen molar-refractivity contribution in [2.75, 3.05) is 11.9 Å². The Morgan fingerprint density at radius 3 is 3.07 bits per heavy atom. The molecule has 0 bridgehead atoms. The molecule has 1 N–H and O–H groups in total. The van der Waals surface area contributed by atoms with Gasteiger partial charge in [-0.15, -0.1) is 0 Å². The van der Waals surface area contributed by atoms with Gasteiger partial charge in [-0.1, -0.05) is 6.92 Å². The van der Waals surface area contributed by atoms with Gasteiger partial charge in [0.1, 0.15) is 0 Å². The van der Waals surface area contributed by atoms with Crippen LogP contribution in [0.3, 0.4) is 0 Å². The molecule has 1 heterocycles. The monoisotopic (exact) mass is 194 g/mol. The molecule has 1 aliphatic carbocycles. The van der Waals surface area contributed by atoms with Crippen LogP contribution in [-0.2, 0) is 0 Å². The average Bonchev–Trinajstić information content (AvgIpc) is 2.97. The summed E-state index contributed by atoms with van der Waals surface area (Å²) in [6, 6.07) is 3.22. The zero-order chi connectivity index (χ0) is 9.97. The first-order valence-corrected chi connectivity index (χ1v) is 5.11. The Labute approximate surface area is 83.6 Å². The van der Waals surface area contributed by atoms with Crippen molar-refractivity contribution in [1.82, 2.24) is 4.98 Å². The van der Waals surface area contributed by atoms with Gasteiger partial charge in [-0.2, -0.15) is 4.39 Å². The molecule has 0 aliphatic heterocycles. The molecule has 1 aromatic heterocycles. The number of nitrogens with zero attached hydrogens (tertiary/aromatic N) is 1. The lowest BCUT2D eigenvalue weighted by atomic mass is 10.1. The van der Waals surface area contributed by atoms with Crippen LogP contribution in [0.15, 0.2) is 18.3 Å². The Morgan fingerprint density at radius 2 is 2.43 bits per heavy atom. The predicted octanol–water partition coefficient (Wildman–Crippen LogP) is 2.68. The van der Waals surface area contributed by atoms with Crippen molar-refractivity contribution in [3.05, 3.63) is 24.3 Å². The third kappa shape index (κ3) is 2.44. The second kappa shape index (κ2) is 3.95. The highest BCUT2D eigenvalue weighted by atomic mass is 19.1. The van der Waals surface area contributed by atoms with E-state index in [1.54, 1.807) is 6.07 Å². The summed E-state index contributed by atoms with van der Waals surface area (Å²) in [6.45, 7) is 3.16. The summed E-state index contributed by atoms with van der Waals surface area (Å²) in [4.78, 5) is 3.51. The molecule has 1 aromatic rings. The van der Waals surface area contributed by atoms with Gasteiger partial charge in [-0.3, -0.25) is 0 Å². The summed E-state index contributed by atoms with van der Waals surface area (Å²) >= 11 is 0. The zero-order valence-corrected chi connectivity index (χ0v) is 8.33. The fraction of sp³-hybridized carbons (Fsp3) is 0.545. The van der Waals surface area contributed by atoms with Crippen molar-refractivity contribution >= 4 is 5.69 Å². The highest BCUT2D eigenvalue weighted by Gasteiger charge is 2.27. The van der Waals surface area contributed by atoms with Gasteiger partial charge in [-0.05, 0) is 30.7 Å². The standard InChI is InChI=1S/C11H15FN2/c1-8(9-2-3-9)7-14-10-4-5-13-11(12)6-10/h4-6,8-9H,2-3,7H2,1H3,(H,13,14). The van der Waals surface area contributed by atoms with E-state index in [1.807, 2.05) is 0 Å². The van der Waals surface area contributed by atoms with Crippen LogP contribution in [0.25, 0.3) is 0 Å². The van der Waals surface area contributed by atoms with E-state index in [-0.39, 0.29) is 0 Å². The number of halogens is 1. The van der Waals surface area contributed by atoms with E-state index in [2.05, 4.69) is 17.2 Å². The van der Waals surface area contributed by atoms with Gasteiger partial charge in [-0.25, -0.2) is 4.98 Å². The van der Waals surface area contributed by atoms with Gasteiger partial charge in [0, 0.05) is 24.5 Å². The lowest BCUT2D eigenvalue weighted by molar-refractivity contribution is 0.536. The van der Waals surface area contributed by atoms with E-state index in [0.717, 1.165) is 18.2 Å². The van der Waals surface area contributed by atoms with E-state index in [0.29, 0.717) is 5.92 Å². The fourth-order valence-corrected chi connectivity index (χ4v) is 1.62. The molecule has 1 saturated carbocycles. The second-order valence-electron chi connectivity index (χ2n) is 4.06. The van der Waals surface area contributed by atoms with Crippen molar-refractivity contribution in [3.63, 3.8) is 0 Å². The number of pyridine rings is 1. The summed E-state index contributed by atoms with van der Waals surface area (Å²) in [7, 11) is 0. The van der Waals surface area contributed by atoms with E-state index >= 15 is 0 Å². The third-order valence-electron chi connectivity index (χ3n) is 2.78. The quantitative estimate of drug-likeness (QED) is 0.745. The van der Waals surface area contributed by atoms with Crippen molar-refractivity contribution < 1.29 is 4.39 Å². The van der Waals surface area contributed by atoms with Crippen molar-refractivity contribution in [1.29, 1.82) is 0 Å². The molecule has 1 unspecified atom stereocenters. The fourth-order valence-electron chi connectivity index (χ4n) is 1.62. The minimum Gasteiger partial charge on any atom is -0.385 e. The van der Waals surface area contributed by atoms with Gasteiger partial charge in [0.05, 0.1) is 0 Å². The maximum atomic E-state index is 12.7. The Bertz CT molecular complexity index is 310. The van der Waals surface area contributed by atoms with Gasteiger partial charge in [0.25, 0.3) is 0 Å². The molecule has 1 fully saturated rings. The normalized spacial score (nSPS) is 17.9. The molecule has 0 spiro atoms. The topological polar surface area (TPSA) is 24.9 Å². The molecule has 0 saturated heterocycles. The molecule has 1 aliphatic rings. The zero-order valence-electron chi connectivity index (χ0n) is 8.33. The summed E-state index contributed by atoms with van der Waals surface area (Å²) in [5.41, 5.74) is 0.824. The van der Waals surface area contributed by atoms with Crippen LogP contribution in [0.5, 0.6) is 0 Å². The molecule has 14 heavy (non-hydrogen) atoms. The predicted molar refractivity (Wildman–Crippen MR) is 54.6 cm³/mol. The van der Waals surface area contributed by atoms with Crippen LogP contribution in [0.4, 0.5) is 10.1 Å². The van der Waals surface area contributed by atoms with E-state index in [4.69, 9.17) is 0 Å². The van der Waals surface area contributed by atoms with E-state index in [9.17, 15) is 4.39 Å². The van der Waals surface area contributed by atoms with Crippen molar-refractivity contribution in [2.45, 2.75) is 19.8 Å². The average molecular weight is 194 g/mol. The van der Waals surface area contributed by atoms with Crippen LogP contribution < -0.4 is 5.32 Å².